The molecule has 1 amide bonds. The van der Waals surface area contributed by atoms with Gasteiger partial charge in [0.05, 0.1) is 29.5 Å². The van der Waals surface area contributed by atoms with E-state index in [0.29, 0.717) is 33.5 Å². The molecule has 5 rings (SSSR count). The fourth-order valence-electron chi connectivity index (χ4n) is 4.05. The summed E-state index contributed by atoms with van der Waals surface area (Å²) in [6, 6.07) is 21.4. The molecule has 2 heterocycles. The summed E-state index contributed by atoms with van der Waals surface area (Å²) in [5.41, 5.74) is 3.44. The van der Waals surface area contributed by atoms with Gasteiger partial charge in [0, 0.05) is 12.2 Å². The molecule has 4 aromatic rings. The highest BCUT2D eigenvalue weighted by Gasteiger charge is 2.28. The summed E-state index contributed by atoms with van der Waals surface area (Å²) in [4.78, 5) is 20.1. The van der Waals surface area contributed by atoms with Gasteiger partial charge in [0.15, 0.2) is 5.13 Å². The molecule has 1 saturated heterocycles. The lowest BCUT2D eigenvalue weighted by atomic mass is 10.0. The van der Waals surface area contributed by atoms with Crippen molar-refractivity contribution < 1.29 is 14.3 Å². The average molecular weight is 479 g/mol. The summed E-state index contributed by atoms with van der Waals surface area (Å²) in [5.74, 6) is 0.521. The van der Waals surface area contributed by atoms with E-state index in [1.807, 2.05) is 42.5 Å². The van der Waals surface area contributed by atoms with E-state index in [9.17, 15) is 4.79 Å². The van der Waals surface area contributed by atoms with Crippen molar-refractivity contribution in [2.75, 3.05) is 25.2 Å². The molecule has 7 heteroatoms. The van der Waals surface area contributed by atoms with Gasteiger partial charge in [0.2, 0.25) is 0 Å². The van der Waals surface area contributed by atoms with Crippen LogP contribution in [0.4, 0.5) is 5.13 Å². The minimum atomic E-state index is -0.112. The van der Waals surface area contributed by atoms with E-state index in [4.69, 9.17) is 26.1 Å². The van der Waals surface area contributed by atoms with Gasteiger partial charge in [-0.15, -0.1) is 0 Å². The molecule has 168 valence electrons. The highest BCUT2D eigenvalue weighted by Crippen LogP contribution is 2.39. The zero-order chi connectivity index (χ0) is 22.8. The molecule has 1 fully saturated rings. The number of fused-ring (bicyclic) bond motifs is 1. The van der Waals surface area contributed by atoms with Crippen LogP contribution in [-0.4, -0.2) is 37.3 Å². The van der Waals surface area contributed by atoms with Gasteiger partial charge in [0.25, 0.3) is 5.91 Å². The first-order valence-electron chi connectivity index (χ1n) is 10.9. The van der Waals surface area contributed by atoms with E-state index >= 15 is 0 Å². The summed E-state index contributed by atoms with van der Waals surface area (Å²) in [6.45, 7) is 1.16. The van der Waals surface area contributed by atoms with Gasteiger partial charge in [0.1, 0.15) is 11.3 Å². The molecule has 1 aliphatic rings. The van der Waals surface area contributed by atoms with Crippen molar-refractivity contribution in [3.05, 3.63) is 77.3 Å². The first-order chi connectivity index (χ1) is 16.1. The quantitative estimate of drug-likeness (QED) is 0.319. The third-order valence-corrected chi connectivity index (χ3v) is 7.33. The third kappa shape index (κ3) is 4.47. The summed E-state index contributed by atoms with van der Waals surface area (Å²) >= 11 is 7.83. The monoisotopic (exact) mass is 478 g/mol. The maximum atomic E-state index is 13.7. The number of rotatable bonds is 6. The third-order valence-electron chi connectivity index (χ3n) is 5.79. The number of hydrogen-bond acceptors (Lipinski definition) is 5. The normalized spacial score (nSPS) is 15.6. The molecule has 5 nitrogen and oxygen atoms in total. The number of hydrogen-bond donors (Lipinski definition) is 0. The van der Waals surface area contributed by atoms with Gasteiger partial charge in [-0.1, -0.05) is 65.4 Å². The van der Waals surface area contributed by atoms with Gasteiger partial charge in [-0.25, -0.2) is 4.98 Å². The fraction of sp³-hybridized carbons (Fsp3) is 0.231. The smallest absolute Gasteiger partial charge is 0.260 e. The molecule has 1 unspecified atom stereocenters. The Bertz CT molecular complexity index is 1270. The summed E-state index contributed by atoms with van der Waals surface area (Å²) in [6.07, 6.45) is 1.91. The average Bonchev–Trinajstić information content (AvgIpc) is 3.54. The molecule has 0 bridgehead atoms. The fourth-order valence-corrected chi connectivity index (χ4v) is 5.32. The molecule has 33 heavy (non-hydrogen) atoms. The Morgan fingerprint density at radius 1 is 1.12 bits per heavy atom. The highest BCUT2D eigenvalue weighted by atomic mass is 35.5. The minimum Gasteiger partial charge on any atom is -0.494 e. The van der Waals surface area contributed by atoms with Gasteiger partial charge < -0.3 is 9.47 Å². The molecule has 0 spiro atoms. The number of amides is 1. The molecule has 0 aliphatic carbocycles. The number of aromatic nitrogens is 1. The van der Waals surface area contributed by atoms with Crippen LogP contribution in [0.3, 0.4) is 0 Å². The molecule has 1 aromatic heterocycles. The summed E-state index contributed by atoms with van der Waals surface area (Å²) in [7, 11) is 1.60. The Balaban J connectivity index is 1.50. The lowest BCUT2D eigenvalue weighted by Crippen LogP contribution is -2.37. The lowest BCUT2D eigenvalue weighted by Gasteiger charge is -2.23. The van der Waals surface area contributed by atoms with Gasteiger partial charge in [-0.3, -0.25) is 9.69 Å². The van der Waals surface area contributed by atoms with Gasteiger partial charge in [-0.05, 0) is 48.2 Å². The van der Waals surface area contributed by atoms with Crippen molar-refractivity contribution in [1.82, 2.24) is 4.98 Å². The topological polar surface area (TPSA) is 51.7 Å². The van der Waals surface area contributed by atoms with E-state index in [2.05, 4.69) is 12.1 Å². The largest absolute Gasteiger partial charge is 0.494 e. The number of carbonyl (C=O) groups excluding carboxylic acids is 1. The number of carbonyl (C=O) groups is 1. The second-order valence-electron chi connectivity index (χ2n) is 7.92. The molecule has 1 atom stereocenters. The van der Waals surface area contributed by atoms with E-state index in [-0.39, 0.29) is 12.0 Å². The Morgan fingerprint density at radius 2 is 1.88 bits per heavy atom. The standard InChI is InChI=1S/C26H23ClN2O3S/c1-31-22-14-13-21(27)24-23(22)28-26(33-24)29(16-20-8-5-15-32-20)25(30)19-11-9-18(10-12-19)17-6-3-2-4-7-17/h2-4,6-7,9-14,20H,5,8,15-16H2,1H3. The van der Waals surface area contributed by atoms with E-state index in [0.717, 1.165) is 35.3 Å². The van der Waals surface area contributed by atoms with Crippen molar-refractivity contribution in [2.45, 2.75) is 18.9 Å². The zero-order valence-corrected chi connectivity index (χ0v) is 19.7. The van der Waals surface area contributed by atoms with Crippen LogP contribution >= 0.6 is 22.9 Å². The number of ether oxygens (including phenoxy) is 2. The maximum Gasteiger partial charge on any atom is 0.260 e. The second kappa shape index (κ2) is 9.51. The molecule has 1 aliphatic heterocycles. The Kier molecular flexibility index (Phi) is 6.31. The number of methoxy groups -OCH3 is 1. The van der Waals surface area contributed by atoms with Crippen molar-refractivity contribution in [3.63, 3.8) is 0 Å². The van der Waals surface area contributed by atoms with E-state index in [1.165, 1.54) is 11.3 Å². The summed E-state index contributed by atoms with van der Waals surface area (Å²) < 4.78 is 12.1. The maximum absolute atomic E-state index is 13.7. The lowest BCUT2D eigenvalue weighted by molar-refractivity contribution is 0.0917. The van der Waals surface area contributed by atoms with Crippen molar-refractivity contribution in [1.29, 1.82) is 0 Å². The number of thiazole rings is 1. The number of anilines is 1. The SMILES string of the molecule is COc1ccc(Cl)c2sc(N(CC3CCCO3)C(=O)c3ccc(-c4ccccc4)cc3)nc12. The molecule has 0 radical (unpaired) electrons. The number of halogens is 1. The predicted octanol–water partition coefficient (Wildman–Crippen LogP) is 6.45. The highest BCUT2D eigenvalue weighted by molar-refractivity contribution is 7.23. The molecule has 0 N–H and O–H groups in total. The Hall–Kier alpha value is -2.93. The molecule has 0 saturated carbocycles. The Morgan fingerprint density at radius 3 is 2.58 bits per heavy atom. The van der Waals surface area contributed by atoms with Crippen LogP contribution in [0.25, 0.3) is 21.3 Å². The first kappa shape index (κ1) is 21.9. The first-order valence-corrected chi connectivity index (χ1v) is 12.1. The van der Waals surface area contributed by atoms with Crippen LogP contribution in [0.1, 0.15) is 23.2 Å². The van der Waals surface area contributed by atoms with E-state index in [1.54, 1.807) is 24.1 Å². The Labute approximate surface area is 201 Å². The van der Waals surface area contributed by atoms with Gasteiger partial charge >= 0.3 is 0 Å². The number of nitrogens with zero attached hydrogens (tertiary/aromatic N) is 2. The van der Waals surface area contributed by atoms with Crippen LogP contribution in [0.15, 0.2) is 66.7 Å². The van der Waals surface area contributed by atoms with Crippen molar-refractivity contribution in [3.8, 4) is 16.9 Å². The molecular weight excluding hydrogens is 456 g/mol. The van der Waals surface area contributed by atoms with Crippen LogP contribution in [-0.2, 0) is 4.74 Å². The second-order valence-corrected chi connectivity index (χ2v) is 9.30. The van der Waals surface area contributed by atoms with Crippen molar-refractivity contribution >= 4 is 44.2 Å². The minimum absolute atomic E-state index is 0.0121. The van der Waals surface area contributed by atoms with Gasteiger partial charge in [-0.2, -0.15) is 0 Å². The molecular formula is C26H23ClN2O3S. The van der Waals surface area contributed by atoms with Crippen LogP contribution in [0, 0.1) is 0 Å². The van der Waals surface area contributed by atoms with Crippen LogP contribution < -0.4 is 9.64 Å². The van der Waals surface area contributed by atoms with Crippen LogP contribution in [0.2, 0.25) is 5.02 Å². The zero-order valence-electron chi connectivity index (χ0n) is 18.2. The van der Waals surface area contributed by atoms with Crippen molar-refractivity contribution in [2.24, 2.45) is 0 Å². The predicted molar refractivity (Wildman–Crippen MR) is 134 cm³/mol. The molecule has 3 aromatic carbocycles. The van der Waals surface area contributed by atoms with E-state index < -0.39 is 0 Å². The number of benzene rings is 3. The van der Waals surface area contributed by atoms with Crippen LogP contribution in [0.5, 0.6) is 5.75 Å². The summed E-state index contributed by atoms with van der Waals surface area (Å²) in [5, 5.41) is 1.18.